The first-order valence-electron chi connectivity index (χ1n) is 8.33. The summed E-state index contributed by atoms with van der Waals surface area (Å²) < 4.78 is 0. The number of nitrogens with one attached hydrogen (secondary N) is 1. The zero-order valence-corrected chi connectivity index (χ0v) is 15.7. The van der Waals surface area contributed by atoms with Crippen LogP contribution in [0.2, 0.25) is 5.28 Å². The molecule has 0 amide bonds. The molecule has 0 spiro atoms. The van der Waals surface area contributed by atoms with Crippen LogP contribution in [0.3, 0.4) is 0 Å². The largest absolute Gasteiger partial charge is 0.339 e. The van der Waals surface area contributed by atoms with Crippen molar-refractivity contribution < 1.29 is 0 Å². The first-order valence-corrected chi connectivity index (χ1v) is 9.53. The Hall–Kier alpha value is -1.65. The number of thiophene rings is 1. The quantitative estimate of drug-likeness (QED) is 0.586. The van der Waals surface area contributed by atoms with E-state index in [-0.39, 0.29) is 0 Å². The van der Waals surface area contributed by atoms with E-state index < -0.39 is 0 Å². The minimum Gasteiger partial charge on any atom is -0.339 e. The number of anilines is 2. The molecule has 24 heavy (non-hydrogen) atoms. The second-order valence-corrected chi connectivity index (χ2v) is 8.24. The van der Waals surface area contributed by atoms with Gasteiger partial charge in [-0.2, -0.15) is 4.98 Å². The average molecular weight is 358 g/mol. The normalized spacial score (nSPS) is 17.1. The summed E-state index contributed by atoms with van der Waals surface area (Å²) in [5.41, 5.74) is 4.91. The number of rotatable bonds is 2. The van der Waals surface area contributed by atoms with Crippen LogP contribution in [-0.4, -0.2) is 9.97 Å². The molecule has 1 aromatic carbocycles. The summed E-state index contributed by atoms with van der Waals surface area (Å²) in [6, 6.07) is 6.40. The second-order valence-electron chi connectivity index (χ2n) is 6.82. The average Bonchev–Trinajstić information content (AvgIpc) is 2.87. The molecule has 0 fully saturated rings. The molecule has 1 aliphatic rings. The smallest absolute Gasteiger partial charge is 0.225 e. The molecular formula is C19H20ClN3S. The highest BCUT2D eigenvalue weighted by atomic mass is 35.5. The zero-order valence-electron chi connectivity index (χ0n) is 14.1. The molecule has 0 radical (unpaired) electrons. The van der Waals surface area contributed by atoms with E-state index in [0.717, 1.165) is 40.5 Å². The monoisotopic (exact) mass is 357 g/mol. The predicted octanol–water partition coefficient (Wildman–Crippen LogP) is 5.83. The van der Waals surface area contributed by atoms with E-state index in [4.69, 9.17) is 11.6 Å². The van der Waals surface area contributed by atoms with Crippen molar-refractivity contribution in [1.29, 1.82) is 0 Å². The third kappa shape index (κ3) is 2.78. The highest BCUT2D eigenvalue weighted by molar-refractivity contribution is 7.19. The summed E-state index contributed by atoms with van der Waals surface area (Å²) in [7, 11) is 0. The van der Waals surface area contributed by atoms with Crippen molar-refractivity contribution in [2.75, 3.05) is 5.32 Å². The fraction of sp³-hybridized carbons (Fsp3) is 0.368. The van der Waals surface area contributed by atoms with Crippen molar-refractivity contribution >= 4 is 44.7 Å². The minimum atomic E-state index is 0.307. The van der Waals surface area contributed by atoms with Crippen molar-refractivity contribution in [1.82, 2.24) is 9.97 Å². The third-order valence-corrected chi connectivity index (χ3v) is 6.09. The summed E-state index contributed by atoms with van der Waals surface area (Å²) in [5.74, 6) is 1.58. The van der Waals surface area contributed by atoms with Crippen LogP contribution in [0.4, 0.5) is 11.5 Å². The van der Waals surface area contributed by atoms with Crippen molar-refractivity contribution in [2.45, 2.75) is 40.0 Å². The molecule has 0 aliphatic heterocycles. The van der Waals surface area contributed by atoms with Crippen LogP contribution in [-0.2, 0) is 12.8 Å². The van der Waals surface area contributed by atoms with Gasteiger partial charge in [0.15, 0.2) is 0 Å². The molecule has 0 saturated carbocycles. The van der Waals surface area contributed by atoms with E-state index in [0.29, 0.717) is 5.28 Å². The maximum Gasteiger partial charge on any atom is 0.225 e. The van der Waals surface area contributed by atoms with E-state index in [2.05, 4.69) is 54.3 Å². The van der Waals surface area contributed by atoms with Gasteiger partial charge in [0.1, 0.15) is 10.6 Å². The molecule has 5 heteroatoms. The Morgan fingerprint density at radius 3 is 2.92 bits per heavy atom. The Morgan fingerprint density at radius 1 is 1.25 bits per heavy atom. The first kappa shape index (κ1) is 15.9. The number of aryl methyl sites for hydroxylation is 3. The van der Waals surface area contributed by atoms with Gasteiger partial charge in [-0.05, 0) is 73.4 Å². The lowest BCUT2D eigenvalue weighted by atomic mass is 9.89. The second kappa shape index (κ2) is 6.01. The number of aromatic nitrogens is 2. The van der Waals surface area contributed by atoms with Crippen LogP contribution in [0.15, 0.2) is 18.2 Å². The highest BCUT2D eigenvalue weighted by Gasteiger charge is 2.24. The van der Waals surface area contributed by atoms with Gasteiger partial charge in [0.2, 0.25) is 5.28 Å². The number of nitrogens with zero attached hydrogens (tertiary/aromatic N) is 2. The molecule has 1 N–H and O–H groups in total. The van der Waals surface area contributed by atoms with Gasteiger partial charge in [0.05, 0.1) is 5.39 Å². The summed E-state index contributed by atoms with van der Waals surface area (Å²) in [6.45, 7) is 6.52. The number of fused-ring (bicyclic) bond motifs is 3. The molecule has 2 heterocycles. The first-order chi connectivity index (χ1) is 11.5. The minimum absolute atomic E-state index is 0.307. The SMILES string of the molecule is Cc1ccc(C)c(Nc2nc(Cl)nc3sc4c(c23)CCC(C)C4)c1. The summed E-state index contributed by atoms with van der Waals surface area (Å²) >= 11 is 7.97. The summed E-state index contributed by atoms with van der Waals surface area (Å²) in [6.07, 6.45) is 3.46. The van der Waals surface area contributed by atoms with E-state index in [1.165, 1.54) is 28.0 Å². The molecule has 0 bridgehead atoms. The van der Waals surface area contributed by atoms with Crippen molar-refractivity contribution in [3.63, 3.8) is 0 Å². The topological polar surface area (TPSA) is 37.8 Å². The zero-order chi connectivity index (χ0) is 16.8. The van der Waals surface area contributed by atoms with Crippen LogP contribution in [0.5, 0.6) is 0 Å². The van der Waals surface area contributed by atoms with Gasteiger partial charge in [-0.1, -0.05) is 19.1 Å². The van der Waals surface area contributed by atoms with Gasteiger partial charge in [0.25, 0.3) is 0 Å². The number of hydrogen-bond donors (Lipinski definition) is 1. The maximum absolute atomic E-state index is 6.20. The molecule has 2 aromatic heterocycles. The molecule has 4 rings (SSSR count). The standard InChI is InChI=1S/C19H20ClN3S/c1-10-4-6-12(3)14(8-10)21-17-16-13-7-5-11(2)9-15(13)24-18(16)23-19(20)22-17/h4,6,8,11H,5,7,9H2,1-3H3,(H,21,22,23). The molecule has 1 atom stereocenters. The lowest BCUT2D eigenvalue weighted by Crippen LogP contribution is -2.09. The number of halogens is 1. The van der Waals surface area contributed by atoms with Crippen molar-refractivity contribution in [3.8, 4) is 0 Å². The fourth-order valence-corrected chi connectivity index (χ4v) is 5.01. The van der Waals surface area contributed by atoms with Gasteiger partial charge >= 0.3 is 0 Å². The summed E-state index contributed by atoms with van der Waals surface area (Å²) in [5, 5.41) is 4.98. The lowest BCUT2D eigenvalue weighted by molar-refractivity contribution is 0.509. The van der Waals surface area contributed by atoms with Crippen LogP contribution < -0.4 is 5.32 Å². The molecular weight excluding hydrogens is 338 g/mol. The summed E-state index contributed by atoms with van der Waals surface area (Å²) in [4.78, 5) is 11.4. The Labute approximate surface area is 151 Å². The van der Waals surface area contributed by atoms with E-state index in [1.54, 1.807) is 11.3 Å². The van der Waals surface area contributed by atoms with Gasteiger partial charge in [-0.25, -0.2) is 4.98 Å². The van der Waals surface area contributed by atoms with E-state index >= 15 is 0 Å². The Bertz CT molecular complexity index is 932. The van der Waals surface area contributed by atoms with E-state index in [9.17, 15) is 0 Å². The van der Waals surface area contributed by atoms with E-state index in [1.807, 2.05) is 0 Å². The molecule has 1 aliphatic carbocycles. The molecule has 124 valence electrons. The van der Waals surface area contributed by atoms with Crippen LogP contribution in [0.1, 0.15) is 34.9 Å². The van der Waals surface area contributed by atoms with Gasteiger partial charge < -0.3 is 5.32 Å². The van der Waals surface area contributed by atoms with Crippen LogP contribution >= 0.6 is 22.9 Å². The Kier molecular flexibility index (Phi) is 3.97. The van der Waals surface area contributed by atoms with Crippen LogP contribution in [0, 0.1) is 19.8 Å². The predicted molar refractivity (Wildman–Crippen MR) is 103 cm³/mol. The lowest BCUT2D eigenvalue weighted by Gasteiger charge is -2.18. The van der Waals surface area contributed by atoms with Crippen molar-refractivity contribution in [3.05, 3.63) is 45.1 Å². The number of benzene rings is 1. The maximum atomic E-state index is 6.20. The molecule has 3 aromatic rings. The number of hydrogen-bond acceptors (Lipinski definition) is 4. The molecule has 0 saturated heterocycles. The van der Waals surface area contributed by atoms with Gasteiger partial charge in [0, 0.05) is 10.6 Å². The van der Waals surface area contributed by atoms with Gasteiger partial charge in [-0.3, -0.25) is 0 Å². The molecule has 1 unspecified atom stereocenters. The van der Waals surface area contributed by atoms with Crippen LogP contribution in [0.25, 0.3) is 10.2 Å². The molecule has 3 nitrogen and oxygen atoms in total. The highest BCUT2D eigenvalue weighted by Crippen LogP contribution is 2.41. The fourth-order valence-electron chi connectivity index (χ4n) is 3.40. The Balaban J connectivity index is 1.87. The van der Waals surface area contributed by atoms with Crippen molar-refractivity contribution in [2.24, 2.45) is 5.92 Å². The van der Waals surface area contributed by atoms with Gasteiger partial charge in [-0.15, -0.1) is 11.3 Å². The Morgan fingerprint density at radius 2 is 2.08 bits per heavy atom. The third-order valence-electron chi connectivity index (χ3n) is 4.77.